The van der Waals surface area contributed by atoms with E-state index in [0.29, 0.717) is 31.5 Å². The Bertz CT molecular complexity index is 1360. The molecular weight excluding hydrogens is 438 g/mol. The fourth-order valence-corrected chi connectivity index (χ4v) is 5.02. The topological polar surface area (TPSA) is 61.9 Å². The predicted octanol–water partition coefficient (Wildman–Crippen LogP) is 4.70. The summed E-state index contributed by atoms with van der Waals surface area (Å²) in [6.07, 6.45) is 2.17. The van der Waals surface area contributed by atoms with E-state index in [1.165, 1.54) is 18.2 Å². The van der Waals surface area contributed by atoms with Crippen LogP contribution in [0.1, 0.15) is 47.6 Å². The summed E-state index contributed by atoms with van der Waals surface area (Å²) in [5, 5.41) is 9.47. The molecule has 0 aliphatic carbocycles. The largest absolute Gasteiger partial charge is 0.466 e. The van der Waals surface area contributed by atoms with Gasteiger partial charge in [-0.3, -0.25) is 4.79 Å². The molecule has 2 aromatic heterocycles. The summed E-state index contributed by atoms with van der Waals surface area (Å²) in [5.74, 6) is -0.888. The second-order valence-electron chi connectivity index (χ2n) is 8.72. The average molecular weight is 465 g/mol. The number of halogens is 2. The van der Waals surface area contributed by atoms with Crippen LogP contribution < -0.4 is 0 Å². The van der Waals surface area contributed by atoms with Crippen LogP contribution in [0.5, 0.6) is 0 Å². The van der Waals surface area contributed by atoms with Crippen LogP contribution in [0.25, 0.3) is 10.9 Å². The van der Waals surface area contributed by atoms with Crippen molar-refractivity contribution < 1.29 is 18.3 Å². The Kier molecular flexibility index (Phi) is 5.89. The van der Waals surface area contributed by atoms with E-state index in [4.69, 9.17) is 4.74 Å². The van der Waals surface area contributed by atoms with Gasteiger partial charge >= 0.3 is 5.97 Å². The molecular formula is C26H26F2N4O2. The number of aryl methyl sites for hydroxylation is 1. The molecule has 0 saturated heterocycles. The van der Waals surface area contributed by atoms with Gasteiger partial charge in [0, 0.05) is 24.0 Å². The number of nitrogens with zero attached hydrogens (tertiary/aromatic N) is 4. The normalized spacial score (nSPS) is 15.5. The number of hydrogen-bond donors (Lipinski definition) is 0. The summed E-state index contributed by atoms with van der Waals surface area (Å²) < 4.78 is 37.4. The van der Waals surface area contributed by atoms with Gasteiger partial charge in [-0.05, 0) is 56.0 Å². The van der Waals surface area contributed by atoms with Crippen molar-refractivity contribution in [2.24, 2.45) is 0 Å². The number of carbonyl (C=O) groups excluding carboxylic acids is 1. The maximum atomic E-state index is 15.0. The summed E-state index contributed by atoms with van der Waals surface area (Å²) in [5.41, 5.74) is 5.08. The minimum absolute atomic E-state index is 0.0187. The van der Waals surface area contributed by atoms with E-state index in [1.54, 1.807) is 25.1 Å². The fourth-order valence-electron chi connectivity index (χ4n) is 5.02. The van der Waals surface area contributed by atoms with Gasteiger partial charge in [0.05, 0.1) is 36.0 Å². The molecule has 34 heavy (non-hydrogen) atoms. The monoisotopic (exact) mass is 464 g/mol. The number of aromatic nitrogens is 4. The molecule has 1 unspecified atom stereocenters. The molecule has 0 radical (unpaired) electrons. The molecule has 3 heterocycles. The molecule has 1 aliphatic heterocycles. The Balaban J connectivity index is 1.51. The first kappa shape index (κ1) is 22.3. The van der Waals surface area contributed by atoms with Crippen LogP contribution >= 0.6 is 0 Å². The van der Waals surface area contributed by atoms with Crippen LogP contribution in [0.3, 0.4) is 0 Å². The zero-order valence-corrected chi connectivity index (χ0v) is 19.2. The van der Waals surface area contributed by atoms with Crippen molar-refractivity contribution in [1.29, 1.82) is 0 Å². The Labute approximate surface area is 196 Å². The van der Waals surface area contributed by atoms with E-state index in [-0.39, 0.29) is 30.1 Å². The minimum atomic E-state index is -0.309. The number of carbonyl (C=O) groups is 1. The van der Waals surface area contributed by atoms with Crippen LogP contribution in [-0.2, 0) is 35.3 Å². The maximum absolute atomic E-state index is 15.0. The van der Waals surface area contributed by atoms with Gasteiger partial charge in [-0.1, -0.05) is 29.5 Å². The van der Waals surface area contributed by atoms with Gasteiger partial charge in [0.1, 0.15) is 11.6 Å². The van der Waals surface area contributed by atoms with Crippen LogP contribution in [0.2, 0.25) is 0 Å². The molecule has 0 fully saturated rings. The van der Waals surface area contributed by atoms with E-state index in [1.807, 2.05) is 22.2 Å². The first-order chi connectivity index (χ1) is 16.5. The molecule has 2 aromatic carbocycles. The molecule has 1 atom stereocenters. The lowest BCUT2D eigenvalue weighted by molar-refractivity contribution is -0.142. The first-order valence-corrected chi connectivity index (χ1v) is 11.6. The van der Waals surface area contributed by atoms with Crippen molar-refractivity contribution >= 4 is 16.9 Å². The number of hydrogen-bond acceptors (Lipinski definition) is 4. The van der Waals surface area contributed by atoms with Gasteiger partial charge in [-0.15, -0.1) is 5.10 Å². The Hall–Kier alpha value is -3.55. The number of benzene rings is 2. The fraction of sp³-hybridized carbons (Fsp3) is 0.346. The Morgan fingerprint density at radius 1 is 1.18 bits per heavy atom. The van der Waals surface area contributed by atoms with Gasteiger partial charge in [0.2, 0.25) is 0 Å². The Morgan fingerprint density at radius 3 is 2.74 bits per heavy atom. The molecule has 0 N–H and O–H groups in total. The smallest absolute Gasteiger partial charge is 0.310 e. The standard InChI is InChI=1S/C26H26F2N4O2/c1-3-34-25(33)14-21-20-5-4-6-22(28)26(20)31-15-19(11-12-23(21)31)32-24(16(2)29-30-32)13-17-7-9-18(27)10-8-17/h4-10,19H,3,11-15H2,1-2H3. The van der Waals surface area contributed by atoms with Crippen molar-refractivity contribution in [2.45, 2.75) is 52.1 Å². The van der Waals surface area contributed by atoms with Crippen LogP contribution in [0, 0.1) is 18.6 Å². The molecule has 0 spiro atoms. The second kappa shape index (κ2) is 9.00. The van der Waals surface area contributed by atoms with E-state index in [2.05, 4.69) is 10.3 Å². The SMILES string of the molecule is CCOC(=O)Cc1c2n(c3c(F)cccc13)CC(n1nnc(C)c1Cc1ccc(F)cc1)CC2. The molecule has 0 bridgehead atoms. The van der Waals surface area contributed by atoms with Gasteiger partial charge < -0.3 is 9.30 Å². The van der Waals surface area contributed by atoms with Crippen molar-refractivity contribution in [3.63, 3.8) is 0 Å². The number of rotatable bonds is 6. The highest BCUT2D eigenvalue weighted by Crippen LogP contribution is 2.36. The zero-order chi connectivity index (χ0) is 23.8. The third kappa shape index (κ3) is 3.97. The van der Waals surface area contributed by atoms with Gasteiger partial charge in [-0.2, -0.15) is 0 Å². The van der Waals surface area contributed by atoms with Crippen LogP contribution in [0.4, 0.5) is 8.78 Å². The molecule has 0 saturated carbocycles. The third-order valence-corrected chi connectivity index (χ3v) is 6.61. The van der Waals surface area contributed by atoms with Crippen molar-refractivity contribution in [1.82, 2.24) is 19.6 Å². The summed E-state index contributed by atoms with van der Waals surface area (Å²) in [7, 11) is 0. The lowest BCUT2D eigenvalue weighted by Gasteiger charge is -2.27. The number of fused-ring (bicyclic) bond motifs is 3. The third-order valence-electron chi connectivity index (χ3n) is 6.61. The summed E-state index contributed by atoms with van der Waals surface area (Å²) in [6.45, 7) is 4.53. The highest BCUT2D eigenvalue weighted by Gasteiger charge is 2.30. The molecule has 4 aromatic rings. The molecule has 8 heteroatoms. The highest BCUT2D eigenvalue weighted by atomic mass is 19.1. The van der Waals surface area contributed by atoms with E-state index >= 15 is 4.39 Å². The van der Waals surface area contributed by atoms with Crippen molar-refractivity contribution in [3.8, 4) is 0 Å². The summed E-state index contributed by atoms with van der Waals surface area (Å²) >= 11 is 0. The lowest BCUT2D eigenvalue weighted by atomic mass is 9.99. The Morgan fingerprint density at radius 2 is 1.97 bits per heavy atom. The zero-order valence-electron chi connectivity index (χ0n) is 19.2. The number of esters is 1. The van der Waals surface area contributed by atoms with Gasteiger partial charge in [0.15, 0.2) is 0 Å². The lowest BCUT2D eigenvalue weighted by Crippen LogP contribution is -2.26. The number of ether oxygens (including phenoxy) is 1. The predicted molar refractivity (Wildman–Crippen MR) is 124 cm³/mol. The summed E-state index contributed by atoms with van der Waals surface area (Å²) in [4.78, 5) is 12.3. The van der Waals surface area contributed by atoms with Gasteiger partial charge in [0.25, 0.3) is 0 Å². The molecule has 0 amide bonds. The molecule has 176 valence electrons. The van der Waals surface area contributed by atoms with Crippen molar-refractivity contribution in [3.05, 3.63) is 82.3 Å². The first-order valence-electron chi connectivity index (χ1n) is 11.6. The quantitative estimate of drug-likeness (QED) is 0.388. The summed E-state index contributed by atoms with van der Waals surface area (Å²) in [6, 6.07) is 11.4. The van der Waals surface area contributed by atoms with Crippen LogP contribution in [-0.4, -0.2) is 32.1 Å². The molecule has 5 rings (SSSR count). The van der Waals surface area contributed by atoms with E-state index < -0.39 is 0 Å². The van der Waals surface area contributed by atoms with E-state index in [0.717, 1.165) is 40.0 Å². The highest BCUT2D eigenvalue weighted by molar-refractivity contribution is 5.90. The van der Waals surface area contributed by atoms with Gasteiger partial charge in [-0.25, -0.2) is 13.5 Å². The number of para-hydroxylation sites is 1. The van der Waals surface area contributed by atoms with E-state index in [9.17, 15) is 9.18 Å². The minimum Gasteiger partial charge on any atom is -0.466 e. The molecule has 1 aliphatic rings. The molecule has 6 nitrogen and oxygen atoms in total. The average Bonchev–Trinajstić information content (AvgIpc) is 3.34. The van der Waals surface area contributed by atoms with Crippen molar-refractivity contribution in [2.75, 3.05) is 6.61 Å². The maximum Gasteiger partial charge on any atom is 0.310 e. The second-order valence-corrected chi connectivity index (χ2v) is 8.72. The van der Waals surface area contributed by atoms with Crippen LogP contribution in [0.15, 0.2) is 42.5 Å².